The fraction of sp³-hybridized carbons (Fsp3) is 1.00. The average molecular weight is 393 g/mol. The summed E-state index contributed by atoms with van der Waals surface area (Å²) in [6.45, 7) is 2.50. The van der Waals surface area contributed by atoms with Crippen LogP contribution in [0.3, 0.4) is 0 Å². The molecule has 0 bridgehead atoms. The topological polar surface area (TPSA) is 74.6 Å². The highest BCUT2D eigenvalue weighted by Gasteiger charge is 2.21. The van der Waals surface area contributed by atoms with E-state index in [0.717, 1.165) is 44.9 Å². The molecule has 2 N–H and O–H groups in total. The van der Waals surface area contributed by atoms with Crippen molar-refractivity contribution in [1.82, 2.24) is 0 Å². The van der Waals surface area contributed by atoms with Gasteiger partial charge < -0.3 is 5.11 Å². The minimum absolute atomic E-state index is 0.309. The quantitative estimate of drug-likeness (QED) is 0.189. The van der Waals surface area contributed by atoms with E-state index in [9.17, 15) is 13.0 Å². The molecule has 0 amide bonds. The van der Waals surface area contributed by atoms with Crippen LogP contribution < -0.4 is 0 Å². The van der Waals surface area contributed by atoms with Gasteiger partial charge >= 0.3 is 0 Å². The summed E-state index contributed by atoms with van der Waals surface area (Å²) in [6, 6.07) is 0. The molecule has 158 valence electrons. The van der Waals surface area contributed by atoms with Crippen molar-refractivity contribution in [2.24, 2.45) is 0 Å². The summed E-state index contributed by atoms with van der Waals surface area (Å²) >= 11 is 0. The van der Waals surface area contributed by atoms with Gasteiger partial charge in [-0.15, -0.1) is 0 Å². The van der Waals surface area contributed by atoms with Crippen LogP contribution in [0.5, 0.6) is 0 Å². The van der Waals surface area contributed by atoms with Crippen LogP contribution in [0.25, 0.3) is 0 Å². The van der Waals surface area contributed by atoms with Crippen LogP contribution in [0.2, 0.25) is 0 Å². The molecule has 0 saturated carbocycles. The van der Waals surface area contributed by atoms with Crippen LogP contribution in [0.4, 0.5) is 0 Å². The normalized spacial score (nSPS) is 13.2. The predicted molar refractivity (Wildman–Crippen MR) is 111 cm³/mol. The third kappa shape index (κ3) is 17.3. The fourth-order valence-corrected chi connectivity index (χ4v) is 4.42. The lowest BCUT2D eigenvalue weighted by atomic mass is 10.0. The molecule has 26 heavy (non-hydrogen) atoms. The Morgan fingerprint density at radius 3 is 1.31 bits per heavy atom. The van der Waals surface area contributed by atoms with Crippen LogP contribution in [0, 0.1) is 0 Å². The van der Waals surface area contributed by atoms with Crippen LogP contribution in [-0.4, -0.2) is 29.9 Å². The Hall–Kier alpha value is -0.130. The van der Waals surface area contributed by atoms with Gasteiger partial charge in [0, 0.05) is 6.61 Å². The van der Waals surface area contributed by atoms with Crippen molar-refractivity contribution in [2.45, 2.75) is 128 Å². The molecular formula is C21H44O4S. The van der Waals surface area contributed by atoms with Gasteiger partial charge in [0.15, 0.2) is 0 Å². The summed E-state index contributed by atoms with van der Waals surface area (Å²) in [4.78, 5) is 0. The van der Waals surface area contributed by atoms with Crippen molar-refractivity contribution < 1.29 is 18.1 Å². The summed E-state index contributed by atoms with van der Waals surface area (Å²) in [5.74, 6) is 0. The highest BCUT2D eigenvalue weighted by Crippen LogP contribution is 2.19. The van der Waals surface area contributed by atoms with Gasteiger partial charge in [0.25, 0.3) is 10.1 Å². The van der Waals surface area contributed by atoms with Gasteiger partial charge in [0.2, 0.25) is 0 Å². The first-order valence-corrected chi connectivity index (χ1v) is 12.6. The maximum Gasteiger partial charge on any atom is 0.267 e. The minimum Gasteiger partial charge on any atom is -0.396 e. The Labute approximate surface area is 162 Å². The van der Waals surface area contributed by atoms with E-state index in [-0.39, 0.29) is 0 Å². The van der Waals surface area contributed by atoms with Gasteiger partial charge in [0.1, 0.15) is 0 Å². The number of aliphatic hydroxyl groups is 1. The number of rotatable bonds is 20. The Kier molecular flexibility index (Phi) is 18.2. The minimum atomic E-state index is -3.89. The van der Waals surface area contributed by atoms with Crippen molar-refractivity contribution in [3.8, 4) is 0 Å². The molecule has 1 atom stereocenters. The first-order valence-electron chi connectivity index (χ1n) is 11.1. The summed E-state index contributed by atoms with van der Waals surface area (Å²) in [5.41, 5.74) is 0. The second-order valence-electron chi connectivity index (χ2n) is 7.74. The van der Waals surface area contributed by atoms with Gasteiger partial charge in [-0.3, -0.25) is 4.55 Å². The number of hydrogen-bond donors (Lipinski definition) is 2. The molecule has 0 rings (SSSR count). The second-order valence-corrected chi connectivity index (χ2v) is 9.44. The number of aliphatic hydroxyl groups excluding tert-OH is 1. The lowest BCUT2D eigenvalue weighted by Crippen LogP contribution is -2.20. The van der Waals surface area contributed by atoms with Crippen molar-refractivity contribution in [3.63, 3.8) is 0 Å². The van der Waals surface area contributed by atoms with E-state index in [1.165, 1.54) is 57.8 Å². The Balaban J connectivity index is 3.63. The molecule has 0 radical (unpaired) electrons. The molecule has 0 aliphatic rings. The molecule has 4 nitrogen and oxygen atoms in total. The molecule has 0 aliphatic carbocycles. The average Bonchev–Trinajstić information content (AvgIpc) is 2.59. The molecule has 0 heterocycles. The smallest absolute Gasteiger partial charge is 0.267 e. The molecule has 5 heteroatoms. The van der Waals surface area contributed by atoms with Gasteiger partial charge in [-0.05, 0) is 19.3 Å². The van der Waals surface area contributed by atoms with E-state index < -0.39 is 15.4 Å². The molecule has 0 aromatic heterocycles. The van der Waals surface area contributed by atoms with Crippen molar-refractivity contribution in [3.05, 3.63) is 0 Å². The Morgan fingerprint density at radius 2 is 0.962 bits per heavy atom. The van der Waals surface area contributed by atoms with Gasteiger partial charge in [-0.25, -0.2) is 0 Å². The summed E-state index contributed by atoms with van der Waals surface area (Å²) in [6.07, 6.45) is 19.4. The van der Waals surface area contributed by atoms with Gasteiger partial charge in [-0.2, -0.15) is 8.42 Å². The highest BCUT2D eigenvalue weighted by atomic mass is 32.2. The third-order valence-electron chi connectivity index (χ3n) is 5.24. The maximum absolute atomic E-state index is 11.6. The van der Waals surface area contributed by atoms with Crippen LogP contribution in [0.1, 0.15) is 122 Å². The van der Waals surface area contributed by atoms with Gasteiger partial charge in [0.05, 0.1) is 5.25 Å². The highest BCUT2D eigenvalue weighted by molar-refractivity contribution is 7.86. The van der Waals surface area contributed by atoms with Crippen molar-refractivity contribution >= 4 is 10.1 Å². The fourth-order valence-electron chi connectivity index (χ4n) is 3.49. The molecule has 0 aromatic carbocycles. The molecule has 1 unspecified atom stereocenters. The van der Waals surface area contributed by atoms with Crippen molar-refractivity contribution in [2.75, 3.05) is 6.61 Å². The lowest BCUT2D eigenvalue weighted by molar-refractivity contribution is 0.282. The number of hydrogen-bond acceptors (Lipinski definition) is 3. The Morgan fingerprint density at radius 1 is 0.615 bits per heavy atom. The zero-order valence-electron chi connectivity index (χ0n) is 17.1. The predicted octanol–water partition coefficient (Wildman–Crippen LogP) is 6.28. The molecule has 0 aromatic rings. The summed E-state index contributed by atoms with van der Waals surface area (Å²) < 4.78 is 32.5. The molecular weight excluding hydrogens is 348 g/mol. The van der Waals surface area contributed by atoms with E-state index >= 15 is 0 Å². The van der Waals surface area contributed by atoms with E-state index in [1.54, 1.807) is 0 Å². The summed E-state index contributed by atoms with van der Waals surface area (Å²) in [5, 5.41) is 8.16. The standard InChI is InChI=1S/C21H44O4S/c1-2-3-4-5-12-15-18-21(26(23,24)25)19-16-13-10-8-6-7-9-11-14-17-20-22/h21-22H,2-20H2,1H3,(H,23,24,25). The van der Waals surface area contributed by atoms with Gasteiger partial charge in [-0.1, -0.05) is 103 Å². The number of unbranched alkanes of at least 4 members (excludes halogenated alkanes) is 14. The molecule has 0 aliphatic heterocycles. The molecule has 0 fully saturated rings. The van der Waals surface area contributed by atoms with Crippen LogP contribution >= 0.6 is 0 Å². The van der Waals surface area contributed by atoms with E-state index in [0.29, 0.717) is 19.4 Å². The van der Waals surface area contributed by atoms with Crippen molar-refractivity contribution in [1.29, 1.82) is 0 Å². The zero-order chi connectivity index (χ0) is 19.5. The third-order valence-corrected chi connectivity index (χ3v) is 6.55. The van der Waals surface area contributed by atoms with E-state index in [2.05, 4.69) is 6.92 Å². The molecule has 0 spiro atoms. The monoisotopic (exact) mass is 392 g/mol. The van der Waals surface area contributed by atoms with E-state index in [4.69, 9.17) is 5.11 Å². The largest absolute Gasteiger partial charge is 0.396 e. The first kappa shape index (κ1) is 25.9. The van der Waals surface area contributed by atoms with Crippen LogP contribution in [-0.2, 0) is 10.1 Å². The zero-order valence-corrected chi connectivity index (χ0v) is 17.9. The second kappa shape index (κ2) is 18.2. The SMILES string of the molecule is CCCCCCCCC(CCCCCCCCCCCCO)S(=O)(=O)O. The van der Waals surface area contributed by atoms with E-state index in [1.807, 2.05) is 0 Å². The van der Waals surface area contributed by atoms with Crippen LogP contribution in [0.15, 0.2) is 0 Å². The maximum atomic E-state index is 11.6. The summed E-state index contributed by atoms with van der Waals surface area (Å²) in [7, 11) is -3.89. The lowest BCUT2D eigenvalue weighted by Gasteiger charge is -2.13. The Bertz CT molecular complexity index is 381. The first-order chi connectivity index (χ1) is 12.5. The molecule has 0 saturated heterocycles.